The number of amides is 8. The highest BCUT2D eigenvalue weighted by molar-refractivity contribution is 5.99. The van der Waals surface area contributed by atoms with Crippen LogP contribution in [0.2, 0.25) is 0 Å². The number of hydrogen-bond acceptors (Lipinski definition) is 8. The van der Waals surface area contributed by atoms with Crippen molar-refractivity contribution in [2.45, 2.75) is 162 Å². The summed E-state index contributed by atoms with van der Waals surface area (Å²) < 4.78 is 0. The maximum Gasteiger partial charge on any atom is 0.245 e. The Morgan fingerprint density at radius 1 is 0.500 bits per heavy atom. The lowest BCUT2D eigenvalue weighted by Crippen LogP contribution is -2.62. The Bertz CT molecular complexity index is 1980. The number of fused-ring (bicyclic) bond motifs is 1. The van der Waals surface area contributed by atoms with Gasteiger partial charge in [0.1, 0.15) is 48.3 Å². The SMILES string of the molecule is CCC(C)C1NC(=O)C(C)NC(=O)C(Cc2ccccc2)NC(=O)C2CCCN2C(=O)C(CC(C)C)NC(=O)C(CC(C)C)NC(=O)C(CC(C)C)NC(=O)C(Cc2ccccc2)NC1=O. The standard InChI is InChI=1S/C50H74N8O8/c1-10-32(8)42-49(65)55-39(28-35-20-15-12-16-21-35)47(63)53-36(24-29(2)3)45(61)52-37(25-30(4)5)46(62)56-40(26-31(6)7)50(66)58-23-17-22-41(58)48(64)54-38(27-34-18-13-11-14-19-34)44(60)51-33(9)43(59)57-42/h11-16,18-21,29-33,36-42H,10,17,22-28H2,1-9H3,(H,51,60)(H,52,61)(H,53,63)(H,54,64)(H,55,65)(H,56,62)(H,57,59). The third-order valence-electron chi connectivity index (χ3n) is 12.2. The largest absolute Gasteiger partial charge is 0.343 e. The van der Waals surface area contributed by atoms with Crippen molar-refractivity contribution >= 4 is 47.3 Å². The van der Waals surface area contributed by atoms with E-state index in [4.69, 9.17) is 0 Å². The topological polar surface area (TPSA) is 224 Å². The van der Waals surface area contributed by atoms with Crippen molar-refractivity contribution in [3.63, 3.8) is 0 Å². The first-order valence-electron chi connectivity index (χ1n) is 23.8. The van der Waals surface area contributed by atoms with E-state index >= 15 is 0 Å². The predicted octanol–water partition coefficient (Wildman–Crippen LogP) is 3.07. The molecular formula is C50H74N8O8. The van der Waals surface area contributed by atoms with Crippen LogP contribution in [0.3, 0.4) is 0 Å². The molecule has 2 aliphatic rings. The fourth-order valence-corrected chi connectivity index (χ4v) is 8.43. The van der Waals surface area contributed by atoms with E-state index < -0.39 is 102 Å². The van der Waals surface area contributed by atoms with Crippen molar-refractivity contribution in [1.82, 2.24) is 42.1 Å². The summed E-state index contributed by atoms with van der Waals surface area (Å²) in [6.07, 6.45) is 2.09. The van der Waals surface area contributed by atoms with Crippen molar-refractivity contribution in [3.05, 3.63) is 71.8 Å². The van der Waals surface area contributed by atoms with Gasteiger partial charge >= 0.3 is 0 Å². The van der Waals surface area contributed by atoms with Crippen LogP contribution in [0.1, 0.15) is 112 Å². The molecule has 2 saturated heterocycles. The van der Waals surface area contributed by atoms with E-state index in [0.29, 0.717) is 19.3 Å². The summed E-state index contributed by atoms with van der Waals surface area (Å²) in [6, 6.07) is 9.28. The molecule has 9 atom stereocenters. The molecule has 2 heterocycles. The number of nitrogens with zero attached hydrogens (tertiary/aromatic N) is 1. The van der Waals surface area contributed by atoms with Crippen LogP contribution in [-0.4, -0.2) is 107 Å². The third kappa shape index (κ3) is 15.7. The van der Waals surface area contributed by atoms with E-state index in [-0.39, 0.29) is 56.4 Å². The summed E-state index contributed by atoms with van der Waals surface area (Å²) >= 11 is 0. The molecule has 2 aromatic carbocycles. The molecule has 0 spiro atoms. The molecule has 9 unspecified atom stereocenters. The third-order valence-corrected chi connectivity index (χ3v) is 12.2. The molecular weight excluding hydrogens is 841 g/mol. The number of rotatable bonds is 12. The first-order chi connectivity index (χ1) is 31.3. The zero-order chi connectivity index (χ0) is 48.7. The highest BCUT2D eigenvalue weighted by atomic mass is 16.2. The maximum atomic E-state index is 14.5. The number of hydrogen-bond donors (Lipinski definition) is 7. The van der Waals surface area contributed by atoms with Crippen molar-refractivity contribution in [1.29, 1.82) is 0 Å². The van der Waals surface area contributed by atoms with Gasteiger partial charge in [0.2, 0.25) is 47.3 Å². The summed E-state index contributed by atoms with van der Waals surface area (Å²) in [6.45, 7) is 16.8. The summed E-state index contributed by atoms with van der Waals surface area (Å²) in [5.74, 6) is -5.40. The second-order valence-electron chi connectivity index (χ2n) is 19.4. The van der Waals surface area contributed by atoms with Gasteiger partial charge in [0.15, 0.2) is 0 Å². The predicted molar refractivity (Wildman–Crippen MR) is 252 cm³/mol. The highest BCUT2D eigenvalue weighted by Crippen LogP contribution is 2.22. The Morgan fingerprint density at radius 3 is 1.38 bits per heavy atom. The van der Waals surface area contributed by atoms with Crippen molar-refractivity contribution in [3.8, 4) is 0 Å². The second-order valence-corrected chi connectivity index (χ2v) is 19.4. The molecule has 16 heteroatoms. The molecule has 7 N–H and O–H groups in total. The zero-order valence-electron chi connectivity index (χ0n) is 40.3. The van der Waals surface area contributed by atoms with Gasteiger partial charge in [-0.2, -0.15) is 0 Å². The minimum atomic E-state index is -1.19. The van der Waals surface area contributed by atoms with Crippen LogP contribution in [0.5, 0.6) is 0 Å². The zero-order valence-corrected chi connectivity index (χ0v) is 40.3. The monoisotopic (exact) mass is 915 g/mol. The van der Waals surface area contributed by atoms with Gasteiger partial charge < -0.3 is 42.1 Å². The summed E-state index contributed by atoms with van der Waals surface area (Å²) in [5, 5.41) is 19.9. The molecule has 0 aromatic heterocycles. The molecule has 2 aromatic rings. The smallest absolute Gasteiger partial charge is 0.245 e. The van der Waals surface area contributed by atoms with Crippen LogP contribution in [0.4, 0.5) is 0 Å². The number of carbonyl (C=O) groups is 8. The van der Waals surface area contributed by atoms with Gasteiger partial charge in [-0.25, -0.2) is 0 Å². The van der Waals surface area contributed by atoms with Crippen molar-refractivity contribution in [2.75, 3.05) is 6.54 Å². The van der Waals surface area contributed by atoms with Crippen molar-refractivity contribution < 1.29 is 38.4 Å². The molecule has 362 valence electrons. The van der Waals surface area contributed by atoms with E-state index in [0.717, 1.165) is 11.1 Å². The lowest BCUT2D eigenvalue weighted by atomic mass is 9.96. The van der Waals surface area contributed by atoms with E-state index in [1.807, 2.05) is 84.9 Å². The molecule has 0 aliphatic carbocycles. The van der Waals surface area contributed by atoms with Gasteiger partial charge in [0.05, 0.1) is 0 Å². The Morgan fingerprint density at radius 2 is 0.909 bits per heavy atom. The highest BCUT2D eigenvalue weighted by Gasteiger charge is 2.41. The summed E-state index contributed by atoms with van der Waals surface area (Å²) in [4.78, 5) is 116. The molecule has 2 fully saturated rings. The van der Waals surface area contributed by atoms with Crippen LogP contribution < -0.4 is 37.2 Å². The van der Waals surface area contributed by atoms with E-state index in [1.54, 1.807) is 31.2 Å². The Kier molecular flexibility index (Phi) is 20.2. The average molecular weight is 915 g/mol. The first kappa shape index (κ1) is 52.8. The van der Waals surface area contributed by atoms with Gasteiger partial charge in [0, 0.05) is 19.4 Å². The number of benzene rings is 2. The fourth-order valence-electron chi connectivity index (χ4n) is 8.43. The molecule has 66 heavy (non-hydrogen) atoms. The maximum absolute atomic E-state index is 14.5. The minimum Gasteiger partial charge on any atom is -0.343 e. The number of carbonyl (C=O) groups excluding carboxylic acids is 8. The van der Waals surface area contributed by atoms with E-state index in [2.05, 4.69) is 37.2 Å². The Balaban J connectivity index is 1.80. The average Bonchev–Trinajstić information content (AvgIpc) is 3.76. The summed E-state index contributed by atoms with van der Waals surface area (Å²) in [5.41, 5.74) is 1.47. The van der Waals surface area contributed by atoms with E-state index in [9.17, 15) is 38.4 Å². The molecule has 4 rings (SSSR count). The van der Waals surface area contributed by atoms with Gasteiger partial charge in [-0.3, -0.25) is 38.4 Å². The molecule has 0 bridgehead atoms. The molecule has 0 radical (unpaired) electrons. The Hall–Kier alpha value is -5.80. The Labute approximate surface area is 390 Å². The molecule has 8 amide bonds. The number of nitrogens with one attached hydrogen (secondary N) is 7. The van der Waals surface area contributed by atoms with E-state index in [1.165, 1.54) is 11.8 Å². The van der Waals surface area contributed by atoms with Crippen LogP contribution in [-0.2, 0) is 51.2 Å². The molecule has 0 saturated carbocycles. The lowest BCUT2D eigenvalue weighted by Gasteiger charge is -2.32. The summed E-state index contributed by atoms with van der Waals surface area (Å²) in [7, 11) is 0. The van der Waals surface area contributed by atoms with Gasteiger partial charge in [0.25, 0.3) is 0 Å². The lowest BCUT2D eigenvalue weighted by molar-refractivity contribution is -0.143. The second kappa shape index (κ2) is 25.2. The van der Waals surface area contributed by atoms with Crippen LogP contribution in [0.15, 0.2) is 60.7 Å². The van der Waals surface area contributed by atoms with Crippen LogP contribution >= 0.6 is 0 Å². The van der Waals surface area contributed by atoms with Gasteiger partial charge in [-0.1, -0.05) is 122 Å². The molecule has 16 nitrogen and oxygen atoms in total. The fraction of sp³-hybridized carbons (Fsp3) is 0.600. The molecule has 2 aliphatic heterocycles. The normalized spacial score (nSPS) is 26.3. The first-order valence-corrected chi connectivity index (χ1v) is 23.8. The quantitative estimate of drug-likeness (QED) is 0.167. The minimum absolute atomic E-state index is 0.0485. The van der Waals surface area contributed by atoms with Crippen molar-refractivity contribution in [2.24, 2.45) is 23.7 Å². The van der Waals surface area contributed by atoms with Gasteiger partial charge in [-0.05, 0) is 73.8 Å². The van der Waals surface area contributed by atoms with Gasteiger partial charge in [-0.15, -0.1) is 0 Å². The van der Waals surface area contributed by atoms with Crippen LogP contribution in [0, 0.1) is 23.7 Å². The van der Waals surface area contributed by atoms with Crippen LogP contribution in [0.25, 0.3) is 0 Å².